The standard InChI is InChI=1S/C17H11BrCl2N2S/c18-13-4-1-11(2-5-13)16-7-8-17(22-21-16)23-10-12-3-6-14(19)9-15(12)20/h1-9H,10H2. The van der Waals surface area contributed by atoms with Crippen LogP contribution in [0.15, 0.2) is 64.1 Å². The van der Waals surface area contributed by atoms with Gasteiger partial charge in [-0.2, -0.15) is 0 Å². The maximum atomic E-state index is 6.18. The summed E-state index contributed by atoms with van der Waals surface area (Å²) in [7, 11) is 0. The van der Waals surface area contributed by atoms with Gasteiger partial charge in [0, 0.05) is 25.8 Å². The minimum Gasteiger partial charge on any atom is -0.149 e. The third-order valence-electron chi connectivity index (χ3n) is 3.17. The summed E-state index contributed by atoms with van der Waals surface area (Å²) in [6, 6.07) is 17.5. The highest BCUT2D eigenvalue weighted by Gasteiger charge is 2.05. The molecule has 2 aromatic carbocycles. The van der Waals surface area contributed by atoms with Crippen LogP contribution < -0.4 is 0 Å². The van der Waals surface area contributed by atoms with Crippen LogP contribution in [0, 0.1) is 0 Å². The van der Waals surface area contributed by atoms with Gasteiger partial charge in [-0.3, -0.25) is 0 Å². The fourth-order valence-corrected chi connectivity index (χ4v) is 3.60. The van der Waals surface area contributed by atoms with E-state index >= 15 is 0 Å². The van der Waals surface area contributed by atoms with Crippen molar-refractivity contribution in [1.29, 1.82) is 0 Å². The van der Waals surface area contributed by atoms with Crippen LogP contribution in [-0.2, 0) is 5.75 Å². The molecule has 0 radical (unpaired) electrons. The van der Waals surface area contributed by atoms with Gasteiger partial charge in [0.25, 0.3) is 0 Å². The summed E-state index contributed by atoms with van der Waals surface area (Å²) in [5.74, 6) is 0.725. The zero-order valence-electron chi connectivity index (χ0n) is 11.8. The molecule has 23 heavy (non-hydrogen) atoms. The molecule has 0 bridgehead atoms. The van der Waals surface area contributed by atoms with Gasteiger partial charge in [0.1, 0.15) is 5.03 Å². The molecular formula is C17H11BrCl2N2S. The third kappa shape index (κ3) is 4.48. The lowest BCUT2D eigenvalue weighted by Gasteiger charge is -2.05. The Labute approximate surface area is 157 Å². The molecule has 0 aliphatic carbocycles. The van der Waals surface area contributed by atoms with Crippen LogP contribution in [0.4, 0.5) is 0 Å². The van der Waals surface area contributed by atoms with Crippen LogP contribution in [0.3, 0.4) is 0 Å². The van der Waals surface area contributed by atoms with Crippen LogP contribution in [0.1, 0.15) is 5.56 Å². The Bertz CT molecular complexity index is 808. The Hall–Kier alpha value is -1.07. The third-order valence-corrected chi connectivity index (χ3v) is 5.26. The van der Waals surface area contributed by atoms with E-state index in [9.17, 15) is 0 Å². The van der Waals surface area contributed by atoms with Crippen molar-refractivity contribution in [3.05, 3.63) is 74.7 Å². The largest absolute Gasteiger partial charge is 0.149 e. The molecule has 0 spiro atoms. The Balaban J connectivity index is 1.69. The highest BCUT2D eigenvalue weighted by molar-refractivity contribution is 9.10. The van der Waals surface area contributed by atoms with Crippen molar-refractivity contribution < 1.29 is 0 Å². The quantitative estimate of drug-likeness (QED) is 0.445. The number of aromatic nitrogens is 2. The van der Waals surface area contributed by atoms with Crippen LogP contribution >= 0.6 is 50.9 Å². The molecule has 0 aliphatic rings. The van der Waals surface area contributed by atoms with Crippen LogP contribution in [0.2, 0.25) is 10.0 Å². The van der Waals surface area contributed by atoms with Crippen LogP contribution in [-0.4, -0.2) is 10.2 Å². The van der Waals surface area contributed by atoms with Gasteiger partial charge in [0.15, 0.2) is 0 Å². The maximum Gasteiger partial charge on any atom is 0.119 e. The first-order chi connectivity index (χ1) is 11.1. The van der Waals surface area contributed by atoms with Crippen LogP contribution in [0.25, 0.3) is 11.3 Å². The van der Waals surface area contributed by atoms with Gasteiger partial charge < -0.3 is 0 Å². The van der Waals surface area contributed by atoms with Gasteiger partial charge in [-0.1, -0.05) is 69.1 Å². The number of hydrogen-bond acceptors (Lipinski definition) is 3. The van der Waals surface area contributed by atoms with Gasteiger partial charge in [-0.15, -0.1) is 10.2 Å². The second-order valence-electron chi connectivity index (χ2n) is 4.79. The van der Waals surface area contributed by atoms with Crippen molar-refractivity contribution in [3.63, 3.8) is 0 Å². The molecule has 0 aliphatic heterocycles. The van der Waals surface area contributed by atoms with Crippen molar-refractivity contribution in [2.45, 2.75) is 10.8 Å². The van der Waals surface area contributed by atoms with Gasteiger partial charge >= 0.3 is 0 Å². The zero-order chi connectivity index (χ0) is 16.2. The van der Waals surface area contributed by atoms with Crippen LogP contribution in [0.5, 0.6) is 0 Å². The number of hydrogen-bond donors (Lipinski definition) is 0. The lowest BCUT2D eigenvalue weighted by Crippen LogP contribution is -1.90. The molecule has 0 amide bonds. The second-order valence-corrected chi connectivity index (χ2v) is 7.54. The summed E-state index contributed by atoms with van der Waals surface area (Å²) in [5, 5.41) is 10.7. The van der Waals surface area contributed by atoms with E-state index in [1.54, 1.807) is 17.8 Å². The predicted molar refractivity (Wildman–Crippen MR) is 101 cm³/mol. The van der Waals surface area contributed by atoms with Gasteiger partial charge in [0.05, 0.1) is 5.69 Å². The molecule has 2 nitrogen and oxygen atoms in total. The fourth-order valence-electron chi connectivity index (χ4n) is 1.96. The number of halogens is 3. The van der Waals surface area contributed by atoms with E-state index in [-0.39, 0.29) is 0 Å². The zero-order valence-corrected chi connectivity index (χ0v) is 15.8. The minimum atomic E-state index is 0.641. The average Bonchev–Trinajstić information content (AvgIpc) is 2.55. The van der Waals surface area contributed by atoms with E-state index in [0.29, 0.717) is 10.0 Å². The van der Waals surface area contributed by atoms with E-state index in [0.717, 1.165) is 32.1 Å². The highest BCUT2D eigenvalue weighted by Crippen LogP contribution is 2.28. The van der Waals surface area contributed by atoms with Crippen molar-refractivity contribution >= 4 is 50.9 Å². The normalized spacial score (nSPS) is 10.7. The molecule has 6 heteroatoms. The fraction of sp³-hybridized carbons (Fsp3) is 0.0588. The molecule has 0 unspecified atom stereocenters. The highest BCUT2D eigenvalue weighted by atomic mass is 79.9. The summed E-state index contributed by atoms with van der Waals surface area (Å²) in [4.78, 5) is 0. The summed E-state index contributed by atoms with van der Waals surface area (Å²) in [6.45, 7) is 0. The number of nitrogens with zero attached hydrogens (tertiary/aromatic N) is 2. The Morgan fingerprint density at radius 3 is 2.35 bits per heavy atom. The molecule has 1 heterocycles. The molecule has 0 saturated carbocycles. The lowest BCUT2D eigenvalue weighted by atomic mass is 10.1. The average molecular weight is 426 g/mol. The summed E-state index contributed by atoms with van der Waals surface area (Å²) < 4.78 is 1.04. The van der Waals surface area contributed by atoms with Gasteiger partial charge in [-0.25, -0.2) is 0 Å². The maximum absolute atomic E-state index is 6.18. The SMILES string of the molecule is Clc1ccc(CSc2ccc(-c3ccc(Br)cc3)nn2)c(Cl)c1. The Morgan fingerprint density at radius 2 is 1.70 bits per heavy atom. The van der Waals surface area contributed by atoms with E-state index in [4.69, 9.17) is 23.2 Å². The van der Waals surface area contributed by atoms with Crippen molar-refractivity contribution in [1.82, 2.24) is 10.2 Å². The van der Waals surface area contributed by atoms with Crippen molar-refractivity contribution in [2.24, 2.45) is 0 Å². The number of rotatable bonds is 4. The Kier molecular flexibility index (Phi) is 5.59. The molecule has 0 atom stereocenters. The monoisotopic (exact) mass is 424 g/mol. The van der Waals surface area contributed by atoms with Gasteiger partial charge in [-0.05, 0) is 42.0 Å². The number of thioether (sulfide) groups is 1. The molecular weight excluding hydrogens is 415 g/mol. The molecule has 0 fully saturated rings. The molecule has 0 saturated heterocycles. The second kappa shape index (κ2) is 7.67. The Morgan fingerprint density at radius 1 is 0.913 bits per heavy atom. The minimum absolute atomic E-state index is 0.641. The smallest absolute Gasteiger partial charge is 0.119 e. The summed E-state index contributed by atoms with van der Waals surface area (Å²) >= 11 is 17.1. The number of benzene rings is 2. The van der Waals surface area contributed by atoms with E-state index in [1.165, 1.54) is 0 Å². The van der Waals surface area contributed by atoms with E-state index < -0.39 is 0 Å². The van der Waals surface area contributed by atoms with E-state index in [1.807, 2.05) is 48.5 Å². The summed E-state index contributed by atoms with van der Waals surface area (Å²) in [5.41, 5.74) is 2.92. The molecule has 116 valence electrons. The lowest BCUT2D eigenvalue weighted by molar-refractivity contribution is 0.935. The molecule has 3 rings (SSSR count). The first-order valence-corrected chi connectivity index (χ1v) is 9.32. The van der Waals surface area contributed by atoms with Gasteiger partial charge in [0.2, 0.25) is 0 Å². The molecule has 1 aromatic heterocycles. The summed E-state index contributed by atoms with van der Waals surface area (Å²) in [6.07, 6.45) is 0. The molecule has 3 aromatic rings. The first kappa shape index (κ1) is 16.8. The topological polar surface area (TPSA) is 25.8 Å². The van der Waals surface area contributed by atoms with Crippen molar-refractivity contribution in [2.75, 3.05) is 0 Å². The van der Waals surface area contributed by atoms with E-state index in [2.05, 4.69) is 26.1 Å². The first-order valence-electron chi connectivity index (χ1n) is 6.78. The molecule has 0 N–H and O–H groups in total. The predicted octanol–water partition coefficient (Wildman–Crippen LogP) is 6.51. The van der Waals surface area contributed by atoms with Crippen molar-refractivity contribution in [3.8, 4) is 11.3 Å².